The highest BCUT2D eigenvalue weighted by atomic mass is 19.1. The summed E-state index contributed by atoms with van der Waals surface area (Å²) in [7, 11) is 1.39. The molecule has 1 fully saturated rings. The topological polar surface area (TPSA) is 91.6 Å². The summed E-state index contributed by atoms with van der Waals surface area (Å²) in [4.78, 5) is 13.0. The maximum atomic E-state index is 14.0. The molecule has 2 aromatic carbocycles. The lowest BCUT2D eigenvalue weighted by Gasteiger charge is -2.15. The minimum atomic E-state index is -0.501. The summed E-state index contributed by atoms with van der Waals surface area (Å²) in [6, 6.07) is 9.64. The number of aliphatic hydroxyl groups excluding tert-OH is 1. The van der Waals surface area contributed by atoms with Gasteiger partial charge in [-0.3, -0.25) is 4.79 Å². The first-order chi connectivity index (χ1) is 15.5. The highest BCUT2D eigenvalue weighted by Gasteiger charge is 2.23. The number of aliphatic hydroxyl groups is 1. The second-order valence-corrected chi connectivity index (χ2v) is 7.63. The lowest BCUT2D eigenvalue weighted by atomic mass is 9.96. The van der Waals surface area contributed by atoms with Crippen LogP contribution in [0.3, 0.4) is 0 Å². The normalized spacial score (nSPS) is 13.4. The zero-order chi connectivity index (χ0) is 23.1. The van der Waals surface area contributed by atoms with E-state index in [2.05, 4.69) is 11.9 Å². The molecule has 7 heteroatoms. The van der Waals surface area contributed by atoms with Gasteiger partial charge in [0.1, 0.15) is 5.75 Å². The summed E-state index contributed by atoms with van der Waals surface area (Å²) in [6.45, 7) is 4.22. The Kier molecular flexibility index (Phi) is 7.78. The number of hydrogen-bond acceptors (Lipinski definition) is 5. The second kappa shape index (κ2) is 10.7. The fourth-order valence-electron chi connectivity index (χ4n) is 3.18. The van der Waals surface area contributed by atoms with Gasteiger partial charge in [-0.05, 0) is 71.4 Å². The van der Waals surface area contributed by atoms with Crippen LogP contribution in [-0.2, 0) is 6.54 Å². The monoisotopic (exact) mass is 438 g/mol. The lowest BCUT2D eigenvalue weighted by Crippen LogP contribution is -2.24. The molecule has 2 aromatic rings. The molecule has 0 aliphatic heterocycles. The smallest absolute Gasteiger partial charge is 0.255 e. The third-order valence-corrected chi connectivity index (χ3v) is 5.20. The number of carbonyl (C=O) groups excluding carboxylic acids is 1. The van der Waals surface area contributed by atoms with E-state index in [-0.39, 0.29) is 24.8 Å². The average molecular weight is 438 g/mol. The van der Waals surface area contributed by atoms with Gasteiger partial charge in [-0.1, -0.05) is 18.7 Å². The zero-order valence-electron chi connectivity index (χ0n) is 18.0. The molecule has 6 nitrogen and oxygen atoms in total. The van der Waals surface area contributed by atoms with E-state index in [4.69, 9.17) is 14.9 Å². The minimum Gasteiger partial charge on any atom is -0.494 e. The van der Waals surface area contributed by atoms with Crippen molar-refractivity contribution in [1.29, 1.82) is 5.41 Å². The fraction of sp³-hybridized carbons (Fsp3) is 0.280. The molecule has 0 saturated heterocycles. The number of carbonyl (C=O) groups is 1. The van der Waals surface area contributed by atoms with Crippen LogP contribution in [0.1, 0.15) is 34.3 Å². The second-order valence-electron chi connectivity index (χ2n) is 7.63. The van der Waals surface area contributed by atoms with Gasteiger partial charge in [0.15, 0.2) is 11.6 Å². The van der Waals surface area contributed by atoms with Crippen molar-refractivity contribution in [1.82, 2.24) is 5.32 Å². The summed E-state index contributed by atoms with van der Waals surface area (Å²) in [5.41, 5.74) is 2.53. The van der Waals surface area contributed by atoms with Crippen molar-refractivity contribution < 1.29 is 23.8 Å². The van der Waals surface area contributed by atoms with E-state index in [0.717, 1.165) is 19.1 Å². The molecule has 1 saturated carbocycles. The van der Waals surface area contributed by atoms with Gasteiger partial charge in [0, 0.05) is 12.8 Å². The molecular weight excluding hydrogens is 411 g/mol. The number of methoxy groups -OCH3 is 1. The first-order valence-corrected chi connectivity index (χ1v) is 10.3. The fourth-order valence-corrected chi connectivity index (χ4v) is 3.18. The summed E-state index contributed by atoms with van der Waals surface area (Å²) in [5.74, 6) is 0.216. The molecule has 0 aromatic heterocycles. The lowest BCUT2D eigenvalue weighted by molar-refractivity contribution is 0.0946. The van der Waals surface area contributed by atoms with Crippen molar-refractivity contribution in [2.45, 2.75) is 19.4 Å². The number of benzene rings is 2. The van der Waals surface area contributed by atoms with Crippen molar-refractivity contribution in [3.05, 3.63) is 77.1 Å². The summed E-state index contributed by atoms with van der Waals surface area (Å²) in [6.07, 6.45) is 4.85. The van der Waals surface area contributed by atoms with Crippen LogP contribution < -0.4 is 14.8 Å². The van der Waals surface area contributed by atoms with Crippen molar-refractivity contribution in [2.75, 3.05) is 20.3 Å². The zero-order valence-corrected chi connectivity index (χ0v) is 18.0. The van der Waals surface area contributed by atoms with Gasteiger partial charge in [0.05, 0.1) is 25.9 Å². The molecular formula is C25H27FN2O4. The quantitative estimate of drug-likeness (QED) is 0.363. The van der Waals surface area contributed by atoms with E-state index in [0.29, 0.717) is 46.1 Å². The highest BCUT2D eigenvalue weighted by Crippen LogP contribution is 2.32. The third-order valence-electron chi connectivity index (χ3n) is 5.20. The van der Waals surface area contributed by atoms with Crippen LogP contribution in [-0.4, -0.2) is 37.6 Å². The van der Waals surface area contributed by atoms with Crippen molar-refractivity contribution in [3.63, 3.8) is 0 Å². The van der Waals surface area contributed by atoms with Crippen LogP contribution >= 0.6 is 0 Å². The number of halogens is 1. The highest BCUT2D eigenvalue weighted by molar-refractivity contribution is 5.99. The number of ether oxygens (including phenoxy) is 2. The maximum absolute atomic E-state index is 14.0. The number of nitrogens with one attached hydrogen (secondary N) is 2. The molecule has 0 radical (unpaired) electrons. The summed E-state index contributed by atoms with van der Waals surface area (Å²) >= 11 is 0. The summed E-state index contributed by atoms with van der Waals surface area (Å²) < 4.78 is 24.8. The molecule has 3 N–H and O–H groups in total. The molecule has 0 bridgehead atoms. The molecule has 168 valence electrons. The van der Waals surface area contributed by atoms with Crippen LogP contribution in [0.2, 0.25) is 0 Å². The average Bonchev–Trinajstić information content (AvgIpc) is 3.64. The molecule has 0 unspecified atom stereocenters. The molecule has 0 atom stereocenters. The van der Waals surface area contributed by atoms with Gasteiger partial charge < -0.3 is 25.3 Å². The largest absolute Gasteiger partial charge is 0.494 e. The first kappa shape index (κ1) is 23.2. The maximum Gasteiger partial charge on any atom is 0.255 e. The molecule has 1 aliphatic rings. The van der Waals surface area contributed by atoms with E-state index in [1.54, 1.807) is 24.3 Å². The van der Waals surface area contributed by atoms with E-state index in [9.17, 15) is 14.3 Å². The van der Waals surface area contributed by atoms with E-state index >= 15 is 0 Å². The van der Waals surface area contributed by atoms with Crippen molar-refractivity contribution in [2.24, 2.45) is 5.92 Å². The van der Waals surface area contributed by atoms with Crippen LogP contribution in [0.15, 0.2) is 54.6 Å². The van der Waals surface area contributed by atoms with Crippen molar-refractivity contribution in [3.8, 4) is 11.5 Å². The van der Waals surface area contributed by atoms with Crippen LogP contribution in [0.4, 0.5) is 4.39 Å². The number of hydrogen-bond donors (Lipinski definition) is 3. The van der Waals surface area contributed by atoms with Gasteiger partial charge in [-0.15, -0.1) is 0 Å². The Morgan fingerprint density at radius 2 is 2.03 bits per heavy atom. The number of amides is 1. The summed E-state index contributed by atoms with van der Waals surface area (Å²) in [5, 5.41) is 19.7. The Hall–Kier alpha value is -3.45. The van der Waals surface area contributed by atoms with Crippen LogP contribution in [0.5, 0.6) is 11.5 Å². The molecule has 1 aliphatic carbocycles. The van der Waals surface area contributed by atoms with Gasteiger partial charge in [0.25, 0.3) is 5.91 Å². The standard InChI is InChI=1S/C25H27FN2O4/c1-16(14-29)20(9-10-27)19-6-8-23(32-15-17-3-4-17)21(12-19)25(30)28-13-18-5-7-24(31-2)22(26)11-18/h5-12,17,27,29H,1,3-4,13-15H2,2H3,(H,28,30)/b20-9+,27-10?. The number of rotatable bonds is 11. The van der Waals surface area contributed by atoms with Gasteiger partial charge in [-0.25, -0.2) is 4.39 Å². The van der Waals surface area contributed by atoms with Gasteiger partial charge >= 0.3 is 0 Å². The Morgan fingerprint density at radius 1 is 1.28 bits per heavy atom. The van der Waals surface area contributed by atoms with Gasteiger partial charge in [0.2, 0.25) is 0 Å². The number of allylic oxidation sites excluding steroid dienone is 1. The van der Waals surface area contributed by atoms with E-state index in [1.807, 2.05) is 0 Å². The minimum absolute atomic E-state index is 0.124. The molecule has 0 spiro atoms. The Bertz CT molecular complexity index is 1040. The third kappa shape index (κ3) is 5.82. The van der Waals surface area contributed by atoms with E-state index in [1.165, 1.54) is 25.3 Å². The van der Waals surface area contributed by atoms with E-state index < -0.39 is 5.82 Å². The first-order valence-electron chi connectivity index (χ1n) is 10.3. The molecule has 1 amide bonds. The Labute approximate surface area is 186 Å². The molecule has 0 heterocycles. The molecule has 3 rings (SSSR count). The Balaban J connectivity index is 1.85. The predicted molar refractivity (Wildman–Crippen MR) is 122 cm³/mol. The Morgan fingerprint density at radius 3 is 2.66 bits per heavy atom. The van der Waals surface area contributed by atoms with Crippen LogP contribution in [0.25, 0.3) is 5.57 Å². The predicted octanol–water partition coefficient (Wildman–Crippen LogP) is 4.13. The van der Waals surface area contributed by atoms with Crippen LogP contribution in [0, 0.1) is 17.1 Å². The van der Waals surface area contributed by atoms with Gasteiger partial charge in [-0.2, -0.15) is 0 Å². The van der Waals surface area contributed by atoms with Crippen molar-refractivity contribution >= 4 is 17.7 Å². The molecule has 32 heavy (non-hydrogen) atoms. The SMILES string of the molecule is C=C(CO)/C(=C\C=N)c1ccc(OCC2CC2)c(C(=O)NCc2ccc(OC)c(F)c2)c1.